The van der Waals surface area contributed by atoms with Crippen molar-refractivity contribution in [3.05, 3.63) is 88.1 Å². The first-order valence-electron chi connectivity index (χ1n) is 8.40. The molecule has 140 valence electrons. The van der Waals surface area contributed by atoms with Gasteiger partial charge in [0, 0.05) is 29.0 Å². The van der Waals surface area contributed by atoms with Crippen molar-refractivity contribution in [2.24, 2.45) is 0 Å². The van der Waals surface area contributed by atoms with Gasteiger partial charge in [-0.2, -0.15) is 5.10 Å². The maximum absolute atomic E-state index is 12.5. The molecule has 2 heterocycles. The lowest BCUT2D eigenvalue weighted by atomic mass is 10.2. The second kappa shape index (κ2) is 8.24. The summed E-state index contributed by atoms with van der Waals surface area (Å²) in [4.78, 5) is 16.6. The van der Waals surface area contributed by atoms with Gasteiger partial charge in [0.15, 0.2) is 0 Å². The minimum absolute atomic E-state index is 0.228. The molecule has 0 aliphatic heterocycles. The Morgan fingerprint density at radius 1 is 1.21 bits per heavy atom. The highest BCUT2D eigenvalue weighted by Gasteiger charge is 2.09. The van der Waals surface area contributed by atoms with Crippen molar-refractivity contribution in [3.8, 4) is 11.4 Å². The van der Waals surface area contributed by atoms with E-state index in [2.05, 4.69) is 15.4 Å². The number of carbonyl (C=O) groups excluding carboxylic acids is 1. The highest BCUT2D eigenvalue weighted by Crippen LogP contribution is 2.24. The van der Waals surface area contributed by atoms with E-state index in [9.17, 15) is 4.79 Å². The van der Waals surface area contributed by atoms with Gasteiger partial charge in [-0.25, -0.2) is 9.67 Å². The molecule has 0 radical (unpaired) electrons. The molecule has 0 unspecified atom stereocenters. The summed E-state index contributed by atoms with van der Waals surface area (Å²) in [5, 5.41) is 9.43. The SMILES string of the molecule is O=C(Nc1ccc(-n2cccn2)c(Cl)c1)c1ccc(OCc2cscn2)cc1. The fraction of sp³-hybridized carbons (Fsp3) is 0.0500. The van der Waals surface area contributed by atoms with E-state index >= 15 is 0 Å². The summed E-state index contributed by atoms with van der Waals surface area (Å²) in [7, 11) is 0. The molecule has 0 fully saturated rings. The fourth-order valence-corrected chi connectivity index (χ4v) is 3.36. The molecule has 1 amide bonds. The molecule has 0 saturated carbocycles. The molecule has 1 N–H and O–H groups in total. The molecular weight excluding hydrogens is 396 g/mol. The number of amides is 1. The molecule has 0 saturated heterocycles. The van der Waals surface area contributed by atoms with Gasteiger partial charge in [0.05, 0.1) is 21.9 Å². The van der Waals surface area contributed by atoms with Crippen molar-refractivity contribution in [1.82, 2.24) is 14.8 Å². The maximum Gasteiger partial charge on any atom is 0.255 e. The average Bonchev–Trinajstić information content (AvgIpc) is 3.41. The third-order valence-electron chi connectivity index (χ3n) is 3.94. The molecule has 4 rings (SSSR count). The minimum Gasteiger partial charge on any atom is -0.487 e. The Balaban J connectivity index is 1.40. The fourth-order valence-electron chi connectivity index (χ4n) is 2.55. The molecule has 8 heteroatoms. The topological polar surface area (TPSA) is 69.0 Å². The first kappa shape index (κ1) is 18.2. The minimum atomic E-state index is -0.228. The van der Waals surface area contributed by atoms with Crippen LogP contribution in [-0.2, 0) is 6.61 Å². The molecule has 0 bridgehead atoms. The Bertz CT molecular complexity index is 1060. The summed E-state index contributed by atoms with van der Waals surface area (Å²) in [5.74, 6) is 0.449. The van der Waals surface area contributed by atoms with Crippen molar-refractivity contribution in [2.75, 3.05) is 5.32 Å². The van der Waals surface area contributed by atoms with E-state index in [4.69, 9.17) is 16.3 Å². The lowest BCUT2D eigenvalue weighted by Crippen LogP contribution is -2.12. The van der Waals surface area contributed by atoms with Crippen LogP contribution in [0.4, 0.5) is 5.69 Å². The van der Waals surface area contributed by atoms with Crippen LogP contribution in [0.2, 0.25) is 5.02 Å². The van der Waals surface area contributed by atoms with Crippen LogP contribution in [0.1, 0.15) is 16.1 Å². The van der Waals surface area contributed by atoms with Gasteiger partial charge in [-0.05, 0) is 48.5 Å². The third kappa shape index (κ3) is 4.21. The van der Waals surface area contributed by atoms with Crippen molar-refractivity contribution in [1.29, 1.82) is 0 Å². The van der Waals surface area contributed by atoms with E-state index in [0.29, 0.717) is 28.6 Å². The zero-order valence-corrected chi connectivity index (χ0v) is 16.2. The number of ether oxygens (including phenoxy) is 1. The number of rotatable bonds is 6. The zero-order chi connectivity index (χ0) is 19.3. The number of nitrogens with zero attached hydrogens (tertiary/aromatic N) is 3. The number of thiazole rings is 1. The number of hydrogen-bond acceptors (Lipinski definition) is 5. The number of hydrogen-bond donors (Lipinski definition) is 1. The summed E-state index contributed by atoms with van der Waals surface area (Å²) < 4.78 is 7.32. The number of anilines is 1. The van der Waals surface area contributed by atoms with Crippen LogP contribution < -0.4 is 10.1 Å². The van der Waals surface area contributed by atoms with Crippen molar-refractivity contribution in [3.63, 3.8) is 0 Å². The van der Waals surface area contributed by atoms with Gasteiger partial charge in [-0.1, -0.05) is 11.6 Å². The number of nitrogens with one attached hydrogen (secondary N) is 1. The van der Waals surface area contributed by atoms with Gasteiger partial charge in [0.1, 0.15) is 12.4 Å². The summed E-state index contributed by atoms with van der Waals surface area (Å²) in [6.07, 6.45) is 3.48. The van der Waals surface area contributed by atoms with Crippen LogP contribution in [0.15, 0.2) is 71.8 Å². The van der Waals surface area contributed by atoms with E-state index in [1.54, 1.807) is 65.1 Å². The molecular formula is C20H15ClN4O2S. The second-order valence-electron chi connectivity index (χ2n) is 5.86. The van der Waals surface area contributed by atoms with Crippen LogP contribution >= 0.6 is 22.9 Å². The van der Waals surface area contributed by atoms with E-state index in [1.165, 1.54) is 11.3 Å². The van der Waals surface area contributed by atoms with Crippen LogP contribution in [0.25, 0.3) is 5.69 Å². The Hall–Kier alpha value is -3.16. The summed E-state index contributed by atoms with van der Waals surface area (Å²) in [6, 6.07) is 14.0. The summed E-state index contributed by atoms with van der Waals surface area (Å²) in [5.41, 5.74) is 4.51. The highest BCUT2D eigenvalue weighted by atomic mass is 35.5. The molecule has 2 aromatic heterocycles. The van der Waals surface area contributed by atoms with Crippen molar-refractivity contribution in [2.45, 2.75) is 6.61 Å². The van der Waals surface area contributed by atoms with Crippen LogP contribution in [0.3, 0.4) is 0 Å². The Morgan fingerprint density at radius 2 is 2.07 bits per heavy atom. The lowest BCUT2D eigenvalue weighted by molar-refractivity contribution is 0.102. The summed E-state index contributed by atoms with van der Waals surface area (Å²) in [6.45, 7) is 0.399. The largest absolute Gasteiger partial charge is 0.487 e. The predicted molar refractivity (Wildman–Crippen MR) is 109 cm³/mol. The maximum atomic E-state index is 12.5. The highest BCUT2D eigenvalue weighted by molar-refractivity contribution is 7.07. The molecule has 0 spiro atoms. The quantitative estimate of drug-likeness (QED) is 0.495. The number of benzene rings is 2. The van der Waals surface area contributed by atoms with Gasteiger partial charge in [0.2, 0.25) is 0 Å². The van der Waals surface area contributed by atoms with Crippen molar-refractivity contribution < 1.29 is 9.53 Å². The predicted octanol–water partition coefficient (Wildman–Crippen LogP) is 4.81. The van der Waals surface area contributed by atoms with Gasteiger partial charge in [-0.3, -0.25) is 4.79 Å². The van der Waals surface area contributed by atoms with Gasteiger partial charge in [-0.15, -0.1) is 11.3 Å². The van der Waals surface area contributed by atoms with Crippen molar-refractivity contribution >= 4 is 34.5 Å². The Kier molecular flexibility index (Phi) is 5.36. The van der Waals surface area contributed by atoms with E-state index in [-0.39, 0.29) is 5.91 Å². The van der Waals surface area contributed by atoms with Gasteiger partial charge in [0.25, 0.3) is 5.91 Å². The second-order valence-corrected chi connectivity index (χ2v) is 6.99. The molecule has 0 atom stereocenters. The molecule has 2 aromatic carbocycles. The molecule has 28 heavy (non-hydrogen) atoms. The molecule has 4 aromatic rings. The molecule has 0 aliphatic carbocycles. The number of halogens is 1. The van der Waals surface area contributed by atoms with E-state index in [1.807, 2.05) is 11.4 Å². The normalized spacial score (nSPS) is 10.6. The van der Waals surface area contributed by atoms with Crippen LogP contribution in [-0.4, -0.2) is 20.7 Å². The third-order valence-corrected chi connectivity index (χ3v) is 4.88. The average molecular weight is 411 g/mol. The number of aromatic nitrogens is 3. The van der Waals surface area contributed by atoms with Gasteiger partial charge < -0.3 is 10.1 Å². The standard InChI is InChI=1S/C20H15ClN4O2S/c21-18-10-15(4-7-19(18)25-9-1-8-23-25)24-20(26)14-2-5-17(6-3-14)27-11-16-12-28-13-22-16/h1-10,12-13H,11H2,(H,24,26). The van der Waals surface area contributed by atoms with E-state index in [0.717, 1.165) is 11.4 Å². The Labute approximate surface area is 170 Å². The summed E-state index contributed by atoms with van der Waals surface area (Å²) >= 11 is 7.84. The lowest BCUT2D eigenvalue weighted by Gasteiger charge is -2.10. The molecule has 6 nitrogen and oxygen atoms in total. The van der Waals surface area contributed by atoms with Gasteiger partial charge >= 0.3 is 0 Å². The monoisotopic (exact) mass is 410 g/mol. The van der Waals surface area contributed by atoms with Crippen LogP contribution in [0.5, 0.6) is 5.75 Å². The zero-order valence-electron chi connectivity index (χ0n) is 14.6. The Morgan fingerprint density at radius 3 is 2.75 bits per heavy atom. The van der Waals surface area contributed by atoms with E-state index < -0.39 is 0 Å². The first-order chi connectivity index (χ1) is 13.7. The molecule has 0 aliphatic rings. The van der Waals surface area contributed by atoms with Crippen LogP contribution in [0, 0.1) is 0 Å². The first-order valence-corrected chi connectivity index (χ1v) is 9.72. The smallest absolute Gasteiger partial charge is 0.255 e. The number of carbonyl (C=O) groups is 1.